The minimum atomic E-state index is -0.182. The molecule has 2 amide bonds. The number of carbonyl (C=O) groups is 1. The molecule has 2 aromatic heterocycles. The van der Waals surface area contributed by atoms with Crippen LogP contribution in [0.3, 0.4) is 0 Å². The molecule has 148 valence electrons. The molecule has 0 aliphatic carbocycles. The number of benzene rings is 1. The van der Waals surface area contributed by atoms with Gasteiger partial charge in [0.1, 0.15) is 11.4 Å². The van der Waals surface area contributed by atoms with Crippen molar-refractivity contribution in [2.45, 2.75) is 26.4 Å². The standard InChI is InChI=1S/C20H26N6O2/c1-5-25(13-16-10-21-24(3)12-16)20(27)23-15(2)17-11-22-26(14-17)18-8-6-7-9-19(18)28-4/h6-12,14-15H,5,13H2,1-4H3,(H,23,27)/t15-/m1/s1. The second kappa shape index (κ2) is 8.60. The monoisotopic (exact) mass is 382 g/mol. The van der Waals surface area contributed by atoms with Gasteiger partial charge in [-0.15, -0.1) is 0 Å². The molecule has 0 aliphatic rings. The number of aromatic nitrogens is 4. The maximum atomic E-state index is 12.7. The number of para-hydroxylation sites is 2. The number of aryl methyl sites for hydroxylation is 1. The second-order valence-corrected chi connectivity index (χ2v) is 6.60. The van der Waals surface area contributed by atoms with E-state index >= 15 is 0 Å². The minimum Gasteiger partial charge on any atom is -0.494 e. The molecule has 0 radical (unpaired) electrons. The molecule has 0 saturated carbocycles. The first kappa shape index (κ1) is 19.5. The lowest BCUT2D eigenvalue weighted by Gasteiger charge is -2.23. The van der Waals surface area contributed by atoms with E-state index in [-0.39, 0.29) is 12.1 Å². The number of ether oxygens (including phenoxy) is 1. The smallest absolute Gasteiger partial charge is 0.318 e. The first-order valence-electron chi connectivity index (χ1n) is 9.22. The number of carbonyl (C=O) groups excluding carboxylic acids is 1. The Balaban J connectivity index is 1.68. The van der Waals surface area contributed by atoms with Crippen molar-refractivity contribution in [2.75, 3.05) is 13.7 Å². The quantitative estimate of drug-likeness (QED) is 0.682. The molecule has 1 N–H and O–H groups in total. The van der Waals surface area contributed by atoms with Crippen LogP contribution in [0.2, 0.25) is 0 Å². The molecule has 28 heavy (non-hydrogen) atoms. The Morgan fingerprint density at radius 2 is 2.04 bits per heavy atom. The molecule has 3 rings (SSSR count). The highest BCUT2D eigenvalue weighted by Gasteiger charge is 2.18. The Morgan fingerprint density at radius 3 is 2.71 bits per heavy atom. The molecular formula is C20H26N6O2. The van der Waals surface area contributed by atoms with E-state index in [0.717, 1.165) is 22.6 Å². The van der Waals surface area contributed by atoms with Gasteiger partial charge in [0.2, 0.25) is 0 Å². The fraction of sp³-hybridized carbons (Fsp3) is 0.350. The Labute approximate surface area is 164 Å². The van der Waals surface area contributed by atoms with Crippen LogP contribution in [0.25, 0.3) is 5.69 Å². The van der Waals surface area contributed by atoms with Gasteiger partial charge in [0.25, 0.3) is 0 Å². The van der Waals surface area contributed by atoms with Crippen molar-refractivity contribution in [3.63, 3.8) is 0 Å². The van der Waals surface area contributed by atoms with Gasteiger partial charge in [0.05, 0.1) is 32.1 Å². The lowest BCUT2D eigenvalue weighted by molar-refractivity contribution is 0.195. The fourth-order valence-corrected chi connectivity index (χ4v) is 2.97. The molecule has 1 aromatic carbocycles. The highest BCUT2D eigenvalue weighted by Crippen LogP contribution is 2.23. The van der Waals surface area contributed by atoms with Gasteiger partial charge in [-0.1, -0.05) is 12.1 Å². The number of nitrogens with one attached hydrogen (secondary N) is 1. The molecule has 1 atom stereocenters. The Hall–Kier alpha value is -3.29. The average Bonchev–Trinajstić information content (AvgIpc) is 3.35. The van der Waals surface area contributed by atoms with Gasteiger partial charge in [0.15, 0.2) is 0 Å². The van der Waals surface area contributed by atoms with Crippen LogP contribution in [0.4, 0.5) is 4.79 Å². The van der Waals surface area contributed by atoms with E-state index in [2.05, 4.69) is 15.5 Å². The molecule has 0 spiro atoms. The summed E-state index contributed by atoms with van der Waals surface area (Å²) < 4.78 is 8.88. The summed E-state index contributed by atoms with van der Waals surface area (Å²) in [5.41, 5.74) is 2.76. The van der Waals surface area contributed by atoms with Crippen LogP contribution in [0.5, 0.6) is 5.75 Å². The Kier molecular flexibility index (Phi) is 5.98. The maximum absolute atomic E-state index is 12.7. The first-order chi connectivity index (χ1) is 13.5. The molecular weight excluding hydrogens is 356 g/mol. The van der Waals surface area contributed by atoms with Crippen molar-refractivity contribution < 1.29 is 9.53 Å². The summed E-state index contributed by atoms with van der Waals surface area (Å²) >= 11 is 0. The van der Waals surface area contributed by atoms with E-state index in [1.54, 1.807) is 33.8 Å². The van der Waals surface area contributed by atoms with Gasteiger partial charge < -0.3 is 15.0 Å². The van der Waals surface area contributed by atoms with Gasteiger partial charge >= 0.3 is 6.03 Å². The Bertz CT molecular complexity index is 932. The molecule has 0 unspecified atom stereocenters. The lowest BCUT2D eigenvalue weighted by atomic mass is 10.2. The van der Waals surface area contributed by atoms with Crippen molar-refractivity contribution in [1.82, 2.24) is 29.8 Å². The van der Waals surface area contributed by atoms with E-state index in [1.165, 1.54) is 0 Å². The summed E-state index contributed by atoms with van der Waals surface area (Å²) in [6.45, 7) is 5.02. The van der Waals surface area contributed by atoms with Gasteiger partial charge in [-0.25, -0.2) is 9.48 Å². The van der Waals surface area contributed by atoms with Gasteiger partial charge in [-0.2, -0.15) is 10.2 Å². The van der Waals surface area contributed by atoms with Crippen LogP contribution in [0, 0.1) is 0 Å². The first-order valence-corrected chi connectivity index (χ1v) is 9.22. The molecule has 0 aliphatic heterocycles. The van der Waals surface area contributed by atoms with E-state index in [9.17, 15) is 4.79 Å². The minimum absolute atomic E-state index is 0.121. The lowest BCUT2D eigenvalue weighted by Crippen LogP contribution is -2.40. The summed E-state index contributed by atoms with van der Waals surface area (Å²) in [4.78, 5) is 14.4. The number of methoxy groups -OCH3 is 1. The Morgan fingerprint density at radius 1 is 1.25 bits per heavy atom. The van der Waals surface area contributed by atoms with Crippen LogP contribution < -0.4 is 10.1 Å². The molecule has 0 bridgehead atoms. The van der Waals surface area contributed by atoms with E-state index in [0.29, 0.717) is 13.1 Å². The summed E-state index contributed by atoms with van der Waals surface area (Å²) in [5.74, 6) is 0.738. The highest BCUT2D eigenvalue weighted by atomic mass is 16.5. The maximum Gasteiger partial charge on any atom is 0.318 e. The number of hydrogen-bond donors (Lipinski definition) is 1. The largest absolute Gasteiger partial charge is 0.494 e. The topological polar surface area (TPSA) is 77.2 Å². The zero-order chi connectivity index (χ0) is 20.1. The molecule has 2 heterocycles. The summed E-state index contributed by atoms with van der Waals surface area (Å²) in [6.07, 6.45) is 7.35. The van der Waals surface area contributed by atoms with Crippen LogP contribution in [-0.2, 0) is 13.6 Å². The van der Waals surface area contributed by atoms with E-state index in [4.69, 9.17) is 4.74 Å². The van der Waals surface area contributed by atoms with Crippen LogP contribution >= 0.6 is 0 Å². The second-order valence-electron chi connectivity index (χ2n) is 6.60. The number of nitrogens with zero attached hydrogens (tertiary/aromatic N) is 5. The predicted molar refractivity (Wildman–Crippen MR) is 106 cm³/mol. The SMILES string of the molecule is CCN(Cc1cnn(C)c1)C(=O)N[C@H](C)c1cnn(-c2ccccc2OC)c1. The molecule has 0 fully saturated rings. The third-order valence-electron chi connectivity index (χ3n) is 4.58. The molecule has 3 aromatic rings. The molecule has 0 saturated heterocycles. The van der Waals surface area contributed by atoms with Gasteiger partial charge in [-0.3, -0.25) is 4.68 Å². The van der Waals surface area contributed by atoms with Crippen LogP contribution in [0.1, 0.15) is 31.0 Å². The van der Waals surface area contributed by atoms with E-state index < -0.39 is 0 Å². The van der Waals surface area contributed by atoms with Crippen molar-refractivity contribution in [3.05, 3.63) is 60.2 Å². The van der Waals surface area contributed by atoms with Gasteiger partial charge in [0, 0.05) is 37.1 Å². The van der Waals surface area contributed by atoms with Crippen molar-refractivity contribution in [2.24, 2.45) is 7.05 Å². The third-order valence-corrected chi connectivity index (χ3v) is 4.58. The highest BCUT2D eigenvalue weighted by molar-refractivity contribution is 5.74. The molecule has 8 heteroatoms. The number of rotatable bonds is 7. The van der Waals surface area contributed by atoms with Crippen molar-refractivity contribution in [3.8, 4) is 11.4 Å². The summed E-state index contributed by atoms with van der Waals surface area (Å²) in [6, 6.07) is 7.37. The zero-order valence-corrected chi connectivity index (χ0v) is 16.7. The van der Waals surface area contributed by atoms with Gasteiger partial charge in [-0.05, 0) is 26.0 Å². The van der Waals surface area contributed by atoms with Crippen LogP contribution in [0.15, 0.2) is 49.1 Å². The number of amides is 2. The third kappa shape index (κ3) is 4.33. The predicted octanol–water partition coefficient (Wildman–Crippen LogP) is 2.91. The van der Waals surface area contributed by atoms with Crippen molar-refractivity contribution in [1.29, 1.82) is 0 Å². The van der Waals surface area contributed by atoms with E-state index in [1.807, 2.05) is 57.6 Å². The summed E-state index contributed by atoms with van der Waals surface area (Å²) in [7, 11) is 3.50. The van der Waals surface area contributed by atoms with Crippen molar-refractivity contribution >= 4 is 6.03 Å². The average molecular weight is 382 g/mol. The molecule has 8 nitrogen and oxygen atoms in total. The zero-order valence-electron chi connectivity index (χ0n) is 16.7. The summed E-state index contributed by atoms with van der Waals surface area (Å²) in [5, 5.41) is 11.6. The fourth-order valence-electron chi connectivity index (χ4n) is 2.97. The van der Waals surface area contributed by atoms with Crippen LogP contribution in [-0.4, -0.2) is 44.1 Å². The normalized spacial score (nSPS) is 11.9. The number of urea groups is 1. The number of hydrogen-bond acceptors (Lipinski definition) is 4.